The molecule has 31 heavy (non-hydrogen) atoms. The maximum atomic E-state index is 12.8. The molecule has 1 saturated heterocycles. The molecule has 2 amide bonds. The fourth-order valence-corrected chi connectivity index (χ4v) is 4.42. The van der Waals surface area contributed by atoms with Gasteiger partial charge in [-0.05, 0) is 61.9 Å². The summed E-state index contributed by atoms with van der Waals surface area (Å²) in [6.07, 6.45) is 7.10. The highest BCUT2D eigenvalue weighted by Gasteiger charge is 2.31. The summed E-state index contributed by atoms with van der Waals surface area (Å²) in [7, 11) is 1.66. The number of nitrogens with one attached hydrogen (secondary N) is 3. The van der Waals surface area contributed by atoms with Crippen LogP contribution < -0.4 is 10.1 Å². The Balaban J connectivity index is 1.58. The number of H-pyrrole nitrogens is 1. The molecule has 4 rings (SSSR count). The lowest BCUT2D eigenvalue weighted by Gasteiger charge is -2.38. The number of nitrogens with zero attached hydrogens (tertiary/aromatic N) is 1. The molecule has 7 nitrogen and oxygen atoms in total. The molecule has 1 aliphatic heterocycles. The number of ether oxygens (including phenoxy) is 1. The third-order valence-electron chi connectivity index (χ3n) is 6.41. The second kappa shape index (κ2) is 8.41. The molecule has 0 spiro atoms. The summed E-state index contributed by atoms with van der Waals surface area (Å²) in [5, 5.41) is 10.3. The maximum Gasteiger partial charge on any atom is 0.255 e. The van der Waals surface area contributed by atoms with Gasteiger partial charge in [0.05, 0.1) is 17.2 Å². The van der Waals surface area contributed by atoms with Crippen LogP contribution in [0.2, 0.25) is 0 Å². The van der Waals surface area contributed by atoms with E-state index in [9.17, 15) is 9.59 Å². The smallest absolute Gasteiger partial charge is 0.255 e. The number of aromatic nitrogens is 1. The summed E-state index contributed by atoms with van der Waals surface area (Å²) in [6.45, 7) is 4.73. The first-order chi connectivity index (χ1) is 14.9. The van der Waals surface area contributed by atoms with E-state index in [0.29, 0.717) is 22.8 Å². The van der Waals surface area contributed by atoms with Gasteiger partial charge in [-0.15, -0.1) is 0 Å². The van der Waals surface area contributed by atoms with Crippen molar-refractivity contribution in [3.05, 3.63) is 58.4 Å². The number of benzene rings is 1. The molecular formula is C24H28N4O3. The number of hydrogen-bond acceptors (Lipinski definition) is 4. The Bertz CT molecular complexity index is 1070. The van der Waals surface area contributed by atoms with Crippen LogP contribution in [0.15, 0.2) is 30.5 Å². The predicted molar refractivity (Wildman–Crippen MR) is 120 cm³/mol. The van der Waals surface area contributed by atoms with Crippen molar-refractivity contribution in [3.63, 3.8) is 0 Å². The Morgan fingerprint density at radius 2 is 2.13 bits per heavy atom. The number of aryl methyl sites for hydroxylation is 1. The Hall–Kier alpha value is -3.35. The van der Waals surface area contributed by atoms with Crippen LogP contribution in [0.3, 0.4) is 0 Å². The molecule has 2 heterocycles. The summed E-state index contributed by atoms with van der Waals surface area (Å²) >= 11 is 0. The van der Waals surface area contributed by atoms with Gasteiger partial charge in [-0.1, -0.05) is 6.07 Å². The molecule has 7 heteroatoms. The number of carbonyl (C=O) groups excluding carboxylic acids is 2. The van der Waals surface area contributed by atoms with E-state index in [1.807, 2.05) is 30.0 Å². The molecular weight excluding hydrogens is 392 g/mol. The average Bonchev–Trinajstić information content (AvgIpc) is 3.35. The lowest BCUT2D eigenvalue weighted by Crippen LogP contribution is -2.49. The van der Waals surface area contributed by atoms with Gasteiger partial charge in [0, 0.05) is 38.1 Å². The molecule has 162 valence electrons. The number of carbonyl (C=O) groups is 2. The molecule has 1 aromatic carbocycles. The SMILES string of the molecule is CNC(=O)C1CCc2cc(O/C(=C/C=N)c3[nH]cc(C(=O)N4CCC4C)c3C)ccc21. The standard InChI is InChI=1S/C24H28N4O3/c1-14-9-11-28(14)24(30)20-13-27-22(15(20)2)21(8-10-25)31-17-5-7-18-16(12-17)4-6-19(18)23(29)26-3/h5,7-8,10,12-14,19,25,27H,4,6,9,11H2,1-3H3,(H,26,29)/b21-8+,25-10?. The van der Waals surface area contributed by atoms with Crippen molar-refractivity contribution in [3.8, 4) is 5.75 Å². The molecule has 2 aromatic rings. The average molecular weight is 421 g/mol. The fraction of sp³-hybridized carbons (Fsp3) is 0.375. The Labute approximate surface area is 182 Å². The molecule has 2 unspecified atom stereocenters. The van der Waals surface area contributed by atoms with Crippen LogP contribution in [0.1, 0.15) is 58.4 Å². The Morgan fingerprint density at radius 3 is 2.77 bits per heavy atom. The van der Waals surface area contributed by atoms with E-state index >= 15 is 0 Å². The topological polar surface area (TPSA) is 98.3 Å². The van der Waals surface area contributed by atoms with E-state index in [2.05, 4.69) is 17.2 Å². The van der Waals surface area contributed by atoms with Gasteiger partial charge in [0.1, 0.15) is 5.75 Å². The van der Waals surface area contributed by atoms with Crippen molar-refractivity contribution in [2.45, 2.75) is 45.1 Å². The van der Waals surface area contributed by atoms with Crippen molar-refractivity contribution in [2.75, 3.05) is 13.6 Å². The summed E-state index contributed by atoms with van der Waals surface area (Å²) in [4.78, 5) is 29.9. The van der Waals surface area contributed by atoms with E-state index in [-0.39, 0.29) is 23.8 Å². The van der Waals surface area contributed by atoms with Gasteiger partial charge in [-0.25, -0.2) is 0 Å². The van der Waals surface area contributed by atoms with Crippen molar-refractivity contribution in [2.24, 2.45) is 0 Å². The second-order valence-electron chi connectivity index (χ2n) is 8.20. The minimum absolute atomic E-state index is 0.0192. The maximum absolute atomic E-state index is 12.8. The molecule has 0 bridgehead atoms. The van der Waals surface area contributed by atoms with Gasteiger partial charge < -0.3 is 25.3 Å². The predicted octanol–water partition coefficient (Wildman–Crippen LogP) is 3.40. The first kappa shape index (κ1) is 20.9. The Morgan fingerprint density at radius 1 is 1.32 bits per heavy atom. The molecule has 1 aliphatic carbocycles. The highest BCUT2D eigenvalue weighted by atomic mass is 16.5. The molecule has 1 aromatic heterocycles. The van der Waals surface area contributed by atoms with E-state index in [1.54, 1.807) is 19.3 Å². The number of hydrogen-bond donors (Lipinski definition) is 3. The minimum atomic E-state index is -0.117. The zero-order valence-electron chi connectivity index (χ0n) is 18.1. The largest absolute Gasteiger partial charge is 0.455 e. The quantitative estimate of drug-likeness (QED) is 0.493. The van der Waals surface area contributed by atoms with Gasteiger partial charge in [0.15, 0.2) is 5.76 Å². The van der Waals surface area contributed by atoms with Gasteiger partial charge in [0.2, 0.25) is 5.91 Å². The van der Waals surface area contributed by atoms with E-state index in [0.717, 1.165) is 42.5 Å². The fourth-order valence-electron chi connectivity index (χ4n) is 4.42. The van der Waals surface area contributed by atoms with Crippen LogP contribution in [0.4, 0.5) is 0 Å². The van der Waals surface area contributed by atoms with Crippen molar-refractivity contribution in [1.29, 1.82) is 5.41 Å². The van der Waals surface area contributed by atoms with Crippen molar-refractivity contribution in [1.82, 2.24) is 15.2 Å². The number of likely N-dealkylation sites (N-methyl/N-ethyl adjacent to an activating group) is 1. The summed E-state index contributed by atoms with van der Waals surface area (Å²) < 4.78 is 6.14. The zero-order chi connectivity index (χ0) is 22.1. The van der Waals surface area contributed by atoms with Crippen LogP contribution >= 0.6 is 0 Å². The van der Waals surface area contributed by atoms with Gasteiger partial charge in [-0.3, -0.25) is 9.59 Å². The number of amides is 2. The highest BCUT2D eigenvalue weighted by Crippen LogP contribution is 2.36. The van der Waals surface area contributed by atoms with Gasteiger partial charge >= 0.3 is 0 Å². The molecule has 0 saturated carbocycles. The summed E-state index contributed by atoms with van der Waals surface area (Å²) in [5.41, 5.74) is 4.26. The molecule has 3 N–H and O–H groups in total. The summed E-state index contributed by atoms with van der Waals surface area (Å²) in [6, 6.07) is 6.02. The zero-order valence-corrected chi connectivity index (χ0v) is 18.1. The number of aromatic amines is 1. The summed E-state index contributed by atoms with van der Waals surface area (Å²) in [5.74, 6) is 1.05. The van der Waals surface area contributed by atoms with E-state index < -0.39 is 0 Å². The van der Waals surface area contributed by atoms with Crippen LogP contribution in [0, 0.1) is 12.3 Å². The first-order valence-electron chi connectivity index (χ1n) is 10.7. The number of fused-ring (bicyclic) bond motifs is 1. The van der Waals surface area contributed by atoms with Gasteiger partial charge in [-0.2, -0.15) is 0 Å². The van der Waals surface area contributed by atoms with Crippen molar-refractivity contribution >= 4 is 23.8 Å². The lowest BCUT2D eigenvalue weighted by atomic mass is 10.0. The molecule has 2 atom stereocenters. The minimum Gasteiger partial charge on any atom is -0.455 e. The molecule has 1 fully saturated rings. The monoisotopic (exact) mass is 420 g/mol. The third-order valence-corrected chi connectivity index (χ3v) is 6.41. The van der Waals surface area contributed by atoms with Crippen LogP contribution in [-0.2, 0) is 11.2 Å². The van der Waals surface area contributed by atoms with Gasteiger partial charge in [0.25, 0.3) is 5.91 Å². The number of allylic oxidation sites excluding steroid dienone is 1. The van der Waals surface area contributed by atoms with E-state index in [4.69, 9.17) is 10.1 Å². The first-order valence-corrected chi connectivity index (χ1v) is 10.7. The van der Waals surface area contributed by atoms with Crippen LogP contribution in [0.5, 0.6) is 5.75 Å². The third kappa shape index (κ3) is 3.76. The highest BCUT2D eigenvalue weighted by molar-refractivity contribution is 5.97. The van der Waals surface area contributed by atoms with E-state index in [1.165, 1.54) is 6.21 Å². The second-order valence-corrected chi connectivity index (χ2v) is 8.20. The normalized spacial score (nSPS) is 20.1. The number of rotatable bonds is 6. The van der Waals surface area contributed by atoms with Crippen molar-refractivity contribution < 1.29 is 14.3 Å². The lowest BCUT2D eigenvalue weighted by molar-refractivity contribution is -0.122. The number of likely N-dealkylation sites (tertiary alicyclic amines) is 1. The van der Waals surface area contributed by atoms with Crippen LogP contribution in [0.25, 0.3) is 5.76 Å². The Kier molecular flexibility index (Phi) is 5.67. The molecule has 2 aliphatic rings. The van der Waals surface area contributed by atoms with Crippen LogP contribution in [-0.4, -0.2) is 47.5 Å². The molecule has 0 radical (unpaired) electrons.